The third-order valence-electron chi connectivity index (χ3n) is 4.74. The van der Waals surface area contributed by atoms with Crippen LogP contribution in [0.25, 0.3) is 27.5 Å². The Bertz CT molecular complexity index is 1310. The number of Topliss-reactive ketones (excluding diaryl/α,β-unsaturated/α-hetero) is 1. The van der Waals surface area contributed by atoms with Crippen molar-refractivity contribution in [1.82, 2.24) is 19.6 Å². The third kappa shape index (κ3) is 5.38. The van der Waals surface area contributed by atoms with Gasteiger partial charge < -0.3 is 0 Å². The zero-order chi connectivity index (χ0) is 23.8. The van der Waals surface area contributed by atoms with Gasteiger partial charge in [0, 0.05) is 30.2 Å². The molecule has 0 aliphatic carbocycles. The number of aromatic nitrogens is 4. The first-order valence-corrected chi connectivity index (χ1v) is 10.4. The van der Waals surface area contributed by atoms with Gasteiger partial charge in [0.2, 0.25) is 5.01 Å². The maximum absolute atomic E-state index is 12.8. The molecule has 0 amide bonds. The molecule has 4 aromatic rings. The largest absolute Gasteiger partial charge is 0.445 e. The smallest absolute Gasteiger partial charge is 0.300 e. The fraction of sp³-hybridized carbons (Fsp3) is 0.238. The molecule has 0 bridgehead atoms. The number of rotatable bonds is 6. The highest BCUT2D eigenvalue weighted by Gasteiger charge is 2.35. The highest BCUT2D eigenvalue weighted by molar-refractivity contribution is 7.14. The number of imidazole rings is 1. The third-order valence-corrected chi connectivity index (χ3v) is 5.76. The maximum atomic E-state index is 12.8. The van der Waals surface area contributed by atoms with Crippen molar-refractivity contribution < 1.29 is 31.1 Å². The minimum Gasteiger partial charge on any atom is -0.300 e. The highest BCUT2D eigenvalue weighted by Crippen LogP contribution is 2.35. The van der Waals surface area contributed by atoms with E-state index >= 15 is 0 Å². The molecule has 4 rings (SSSR count). The minimum absolute atomic E-state index is 0.105. The van der Waals surface area contributed by atoms with Gasteiger partial charge in [-0.05, 0) is 23.8 Å². The number of carbonyl (C=O) groups is 1. The van der Waals surface area contributed by atoms with Gasteiger partial charge in [-0.1, -0.05) is 29.5 Å². The van der Waals surface area contributed by atoms with E-state index in [4.69, 9.17) is 0 Å². The van der Waals surface area contributed by atoms with Crippen molar-refractivity contribution in [3.8, 4) is 21.8 Å². The standard InChI is InChI=1S/C21H14F6N4OS/c22-20(23,24)6-4-15(32)9-12-2-1-3-13(8-12)16-11-28-17-10-14(5-7-31(16)17)18-29-30-19(33-18)21(25,26)27/h1-3,5,7-8,10-11H,4,6,9H2. The summed E-state index contributed by atoms with van der Waals surface area (Å²) in [5.74, 6) is -0.512. The lowest BCUT2D eigenvalue weighted by Gasteiger charge is -2.07. The van der Waals surface area contributed by atoms with Crippen molar-refractivity contribution in [3.05, 3.63) is 59.4 Å². The Balaban J connectivity index is 1.56. The SMILES string of the molecule is O=C(CCC(F)(F)F)Cc1cccc(-c2cnc3cc(-c4nnc(C(F)(F)F)s4)ccn23)c1. The molecule has 0 atom stereocenters. The molecular formula is C21H14F6N4OS. The number of pyridine rings is 1. The molecule has 0 unspecified atom stereocenters. The molecule has 0 saturated carbocycles. The van der Waals surface area contributed by atoms with Crippen LogP contribution in [0.2, 0.25) is 0 Å². The molecule has 33 heavy (non-hydrogen) atoms. The summed E-state index contributed by atoms with van der Waals surface area (Å²) >= 11 is 0.431. The molecule has 0 radical (unpaired) electrons. The highest BCUT2D eigenvalue weighted by atomic mass is 32.1. The van der Waals surface area contributed by atoms with Gasteiger partial charge in [-0.2, -0.15) is 26.3 Å². The molecule has 0 aliphatic rings. The average molecular weight is 484 g/mol. The molecule has 1 aromatic carbocycles. The number of nitrogens with zero attached hydrogens (tertiary/aromatic N) is 4. The molecule has 0 N–H and O–H groups in total. The molecular weight excluding hydrogens is 470 g/mol. The zero-order valence-electron chi connectivity index (χ0n) is 16.6. The minimum atomic E-state index is -4.57. The molecule has 12 heteroatoms. The van der Waals surface area contributed by atoms with Crippen LogP contribution in [0.1, 0.15) is 23.4 Å². The first kappa shape index (κ1) is 22.9. The summed E-state index contributed by atoms with van der Waals surface area (Å²) in [5.41, 5.74) is 2.79. The summed E-state index contributed by atoms with van der Waals surface area (Å²) in [5, 5.41) is 5.85. The van der Waals surface area contributed by atoms with Crippen molar-refractivity contribution in [2.45, 2.75) is 31.6 Å². The van der Waals surface area contributed by atoms with E-state index in [-0.39, 0.29) is 11.4 Å². The van der Waals surface area contributed by atoms with Gasteiger partial charge in [0.05, 0.1) is 18.3 Å². The number of ketones is 1. The number of hydrogen-bond acceptors (Lipinski definition) is 5. The Morgan fingerprint density at radius 3 is 2.48 bits per heavy atom. The number of hydrogen-bond donors (Lipinski definition) is 0. The van der Waals surface area contributed by atoms with Gasteiger partial charge in [0.1, 0.15) is 16.4 Å². The second-order valence-electron chi connectivity index (χ2n) is 7.23. The van der Waals surface area contributed by atoms with E-state index in [0.29, 0.717) is 39.4 Å². The normalized spacial score (nSPS) is 12.4. The Kier molecular flexibility index (Phi) is 5.95. The van der Waals surface area contributed by atoms with Crippen LogP contribution < -0.4 is 0 Å². The molecule has 172 valence electrons. The quantitative estimate of drug-likeness (QED) is 0.316. The van der Waals surface area contributed by atoms with E-state index in [1.54, 1.807) is 53.2 Å². The van der Waals surface area contributed by atoms with Gasteiger partial charge in [0.25, 0.3) is 0 Å². The molecule has 5 nitrogen and oxygen atoms in total. The van der Waals surface area contributed by atoms with E-state index in [2.05, 4.69) is 15.2 Å². The van der Waals surface area contributed by atoms with Gasteiger partial charge in [0.15, 0.2) is 0 Å². The first-order valence-electron chi connectivity index (χ1n) is 9.55. The van der Waals surface area contributed by atoms with Crippen LogP contribution in [-0.4, -0.2) is 31.5 Å². The second-order valence-corrected chi connectivity index (χ2v) is 8.21. The number of benzene rings is 1. The number of alkyl halides is 6. The summed E-state index contributed by atoms with van der Waals surface area (Å²) in [6.07, 6.45) is -7.61. The second kappa shape index (κ2) is 8.58. The van der Waals surface area contributed by atoms with Crippen molar-refractivity contribution in [3.63, 3.8) is 0 Å². The topological polar surface area (TPSA) is 60.2 Å². The van der Waals surface area contributed by atoms with Crippen molar-refractivity contribution in [1.29, 1.82) is 0 Å². The van der Waals surface area contributed by atoms with Gasteiger partial charge in [-0.25, -0.2) is 4.98 Å². The van der Waals surface area contributed by atoms with Crippen LogP contribution in [0.5, 0.6) is 0 Å². The average Bonchev–Trinajstić information content (AvgIpc) is 3.39. The van der Waals surface area contributed by atoms with E-state index in [9.17, 15) is 31.1 Å². The lowest BCUT2D eigenvalue weighted by molar-refractivity contribution is -0.143. The summed E-state index contributed by atoms with van der Waals surface area (Å²) in [7, 11) is 0. The van der Waals surface area contributed by atoms with Crippen molar-refractivity contribution in [2.24, 2.45) is 0 Å². The van der Waals surface area contributed by atoms with Crippen molar-refractivity contribution in [2.75, 3.05) is 0 Å². The Morgan fingerprint density at radius 2 is 1.79 bits per heavy atom. The molecule has 3 aromatic heterocycles. The molecule has 0 fully saturated rings. The molecule has 0 spiro atoms. The number of carbonyl (C=O) groups excluding carboxylic acids is 1. The van der Waals surface area contributed by atoms with E-state index in [1.165, 1.54) is 0 Å². The van der Waals surface area contributed by atoms with E-state index < -0.39 is 36.0 Å². The van der Waals surface area contributed by atoms with Crippen LogP contribution in [-0.2, 0) is 17.4 Å². The predicted octanol–water partition coefficient (Wildman–Crippen LogP) is 5.99. The predicted molar refractivity (Wildman–Crippen MR) is 109 cm³/mol. The summed E-state index contributed by atoms with van der Waals surface area (Å²) < 4.78 is 77.0. The van der Waals surface area contributed by atoms with E-state index in [0.717, 1.165) is 0 Å². The van der Waals surface area contributed by atoms with Crippen LogP contribution in [0.15, 0.2) is 48.8 Å². The number of halogens is 6. The van der Waals surface area contributed by atoms with E-state index in [1.807, 2.05) is 0 Å². The van der Waals surface area contributed by atoms with Gasteiger partial charge in [-0.15, -0.1) is 10.2 Å². The van der Waals surface area contributed by atoms with Gasteiger partial charge in [-0.3, -0.25) is 9.20 Å². The number of fused-ring (bicyclic) bond motifs is 1. The lowest BCUT2D eigenvalue weighted by atomic mass is 10.0. The monoisotopic (exact) mass is 484 g/mol. The zero-order valence-corrected chi connectivity index (χ0v) is 17.4. The molecule has 0 saturated heterocycles. The fourth-order valence-corrected chi connectivity index (χ4v) is 3.93. The van der Waals surface area contributed by atoms with Gasteiger partial charge >= 0.3 is 12.4 Å². The van der Waals surface area contributed by atoms with Crippen LogP contribution in [0.3, 0.4) is 0 Å². The Morgan fingerprint density at radius 1 is 1.00 bits per heavy atom. The molecule has 3 heterocycles. The van der Waals surface area contributed by atoms with Crippen LogP contribution in [0.4, 0.5) is 26.3 Å². The Hall–Kier alpha value is -3.28. The first-order chi connectivity index (χ1) is 15.5. The lowest BCUT2D eigenvalue weighted by Crippen LogP contribution is -2.12. The van der Waals surface area contributed by atoms with Crippen molar-refractivity contribution >= 4 is 22.8 Å². The van der Waals surface area contributed by atoms with Crippen LogP contribution in [0, 0.1) is 0 Å². The fourth-order valence-electron chi connectivity index (χ4n) is 3.22. The Labute approximate surface area is 186 Å². The summed E-state index contributed by atoms with van der Waals surface area (Å²) in [6, 6.07) is 9.97. The molecule has 0 aliphatic heterocycles. The summed E-state index contributed by atoms with van der Waals surface area (Å²) in [4.78, 5) is 16.2. The maximum Gasteiger partial charge on any atom is 0.445 e. The van der Waals surface area contributed by atoms with Crippen LogP contribution >= 0.6 is 11.3 Å². The summed E-state index contributed by atoms with van der Waals surface area (Å²) in [6.45, 7) is 0.